The van der Waals surface area contributed by atoms with Gasteiger partial charge in [-0.3, -0.25) is 9.69 Å². The largest absolute Gasteiger partial charge is 0.468 e. The minimum atomic E-state index is 0.0689. The number of nitrogens with one attached hydrogen (secondary N) is 1. The molecule has 3 heterocycles. The summed E-state index contributed by atoms with van der Waals surface area (Å²) < 4.78 is 7.58. The van der Waals surface area contributed by atoms with E-state index in [-0.39, 0.29) is 11.8 Å². The zero-order valence-corrected chi connectivity index (χ0v) is 16.4. The van der Waals surface area contributed by atoms with Crippen molar-refractivity contribution < 1.29 is 9.21 Å². The molecule has 0 aliphatic carbocycles. The lowest BCUT2D eigenvalue weighted by Gasteiger charge is -2.31. The van der Waals surface area contributed by atoms with Gasteiger partial charge in [-0.05, 0) is 50.1 Å². The predicted molar refractivity (Wildman–Crippen MR) is 109 cm³/mol. The second-order valence-corrected chi connectivity index (χ2v) is 7.62. The summed E-state index contributed by atoms with van der Waals surface area (Å²) >= 11 is 0. The first-order valence-corrected chi connectivity index (χ1v) is 10.1. The van der Waals surface area contributed by atoms with Crippen molar-refractivity contribution in [3.8, 4) is 0 Å². The SMILES string of the molecule is Cn1c(CCCNC(=O)C2CCCN(Cc3ccco3)C2)nc2ccccc21. The van der Waals surface area contributed by atoms with Crippen molar-refractivity contribution in [3.63, 3.8) is 0 Å². The van der Waals surface area contributed by atoms with Gasteiger partial charge < -0.3 is 14.3 Å². The molecule has 28 heavy (non-hydrogen) atoms. The first kappa shape index (κ1) is 18.7. The third kappa shape index (κ3) is 4.28. The van der Waals surface area contributed by atoms with Crippen LogP contribution in [0.3, 0.4) is 0 Å². The van der Waals surface area contributed by atoms with Crippen molar-refractivity contribution in [2.45, 2.75) is 32.2 Å². The van der Waals surface area contributed by atoms with Crippen LogP contribution in [-0.2, 0) is 24.8 Å². The van der Waals surface area contributed by atoms with Crippen LogP contribution in [-0.4, -0.2) is 40.0 Å². The number of para-hydroxylation sites is 2. The van der Waals surface area contributed by atoms with Crippen molar-refractivity contribution in [1.82, 2.24) is 19.8 Å². The number of benzene rings is 1. The summed E-state index contributed by atoms with van der Waals surface area (Å²) in [5, 5.41) is 3.13. The molecule has 0 bridgehead atoms. The fourth-order valence-electron chi connectivity index (χ4n) is 4.06. The molecule has 0 saturated carbocycles. The molecule has 1 amide bonds. The summed E-state index contributed by atoms with van der Waals surface area (Å²) in [7, 11) is 2.05. The van der Waals surface area contributed by atoms with E-state index in [4.69, 9.17) is 9.40 Å². The Morgan fingerprint density at radius 2 is 2.18 bits per heavy atom. The van der Waals surface area contributed by atoms with Gasteiger partial charge in [-0.1, -0.05) is 12.1 Å². The lowest BCUT2D eigenvalue weighted by molar-refractivity contribution is -0.126. The highest BCUT2D eigenvalue weighted by atomic mass is 16.3. The van der Waals surface area contributed by atoms with E-state index in [1.807, 2.05) is 30.3 Å². The molecule has 0 radical (unpaired) electrons. The second-order valence-electron chi connectivity index (χ2n) is 7.62. The van der Waals surface area contributed by atoms with E-state index in [1.165, 1.54) is 0 Å². The van der Waals surface area contributed by atoms with Crippen LogP contribution in [0.15, 0.2) is 47.1 Å². The average molecular weight is 380 g/mol. The number of piperidine rings is 1. The normalized spacial score (nSPS) is 17.8. The number of aromatic nitrogens is 2. The molecule has 6 heteroatoms. The molecule has 148 valence electrons. The highest BCUT2D eigenvalue weighted by Gasteiger charge is 2.25. The van der Waals surface area contributed by atoms with Crippen molar-refractivity contribution in [2.75, 3.05) is 19.6 Å². The summed E-state index contributed by atoms with van der Waals surface area (Å²) in [6, 6.07) is 12.1. The molecule has 1 aromatic carbocycles. The van der Waals surface area contributed by atoms with Gasteiger partial charge in [-0.2, -0.15) is 0 Å². The Labute approximate surface area is 165 Å². The van der Waals surface area contributed by atoms with Crippen LogP contribution in [0.5, 0.6) is 0 Å². The van der Waals surface area contributed by atoms with Crippen molar-refractivity contribution in [2.24, 2.45) is 13.0 Å². The van der Waals surface area contributed by atoms with Gasteiger partial charge >= 0.3 is 0 Å². The Balaban J connectivity index is 1.23. The van der Waals surface area contributed by atoms with E-state index in [9.17, 15) is 4.79 Å². The van der Waals surface area contributed by atoms with Gasteiger partial charge in [0.25, 0.3) is 0 Å². The van der Waals surface area contributed by atoms with Crippen LogP contribution in [0.1, 0.15) is 30.8 Å². The van der Waals surface area contributed by atoms with E-state index in [1.54, 1.807) is 6.26 Å². The molecular formula is C22H28N4O2. The molecule has 0 spiro atoms. The fraction of sp³-hybridized carbons (Fsp3) is 0.455. The molecule has 1 aliphatic heterocycles. The number of nitrogens with zero attached hydrogens (tertiary/aromatic N) is 3. The van der Waals surface area contributed by atoms with Gasteiger partial charge in [0.2, 0.25) is 5.91 Å². The molecule has 1 saturated heterocycles. The second kappa shape index (κ2) is 8.61. The first-order valence-electron chi connectivity index (χ1n) is 10.1. The highest BCUT2D eigenvalue weighted by Crippen LogP contribution is 2.19. The summed E-state index contributed by atoms with van der Waals surface area (Å²) in [6.45, 7) is 3.30. The number of hydrogen-bond donors (Lipinski definition) is 1. The maximum absolute atomic E-state index is 12.6. The predicted octanol–water partition coefficient (Wildman–Crippen LogP) is 3.13. The Morgan fingerprint density at radius 1 is 1.29 bits per heavy atom. The lowest BCUT2D eigenvalue weighted by atomic mass is 9.97. The van der Waals surface area contributed by atoms with Crippen LogP contribution in [0.2, 0.25) is 0 Å². The monoisotopic (exact) mass is 380 g/mol. The summed E-state index contributed by atoms with van der Waals surface area (Å²) in [5.74, 6) is 2.27. The average Bonchev–Trinajstić information content (AvgIpc) is 3.34. The number of likely N-dealkylation sites (tertiary alicyclic amines) is 1. The highest BCUT2D eigenvalue weighted by molar-refractivity contribution is 5.79. The van der Waals surface area contributed by atoms with Gasteiger partial charge in [0.15, 0.2) is 0 Å². The van der Waals surface area contributed by atoms with E-state index in [0.29, 0.717) is 6.54 Å². The van der Waals surface area contributed by atoms with E-state index >= 15 is 0 Å². The minimum absolute atomic E-state index is 0.0689. The maximum atomic E-state index is 12.6. The number of carbonyl (C=O) groups excluding carboxylic acids is 1. The zero-order valence-electron chi connectivity index (χ0n) is 16.4. The number of carbonyl (C=O) groups is 1. The summed E-state index contributed by atoms with van der Waals surface area (Å²) in [6.07, 6.45) is 5.48. The van der Waals surface area contributed by atoms with Crippen molar-refractivity contribution >= 4 is 16.9 Å². The fourth-order valence-corrected chi connectivity index (χ4v) is 4.06. The van der Waals surface area contributed by atoms with Crippen LogP contribution in [0.25, 0.3) is 11.0 Å². The van der Waals surface area contributed by atoms with Crippen molar-refractivity contribution in [1.29, 1.82) is 0 Å². The van der Waals surface area contributed by atoms with Crippen LogP contribution < -0.4 is 5.32 Å². The number of imidazole rings is 1. The number of rotatable bonds is 7. The smallest absolute Gasteiger partial charge is 0.224 e. The molecule has 1 fully saturated rings. The summed E-state index contributed by atoms with van der Waals surface area (Å²) in [4.78, 5) is 19.6. The van der Waals surface area contributed by atoms with Gasteiger partial charge in [0.1, 0.15) is 11.6 Å². The molecule has 2 aromatic heterocycles. The van der Waals surface area contributed by atoms with Crippen LogP contribution in [0, 0.1) is 5.92 Å². The minimum Gasteiger partial charge on any atom is -0.468 e. The van der Waals surface area contributed by atoms with E-state index in [2.05, 4.69) is 27.9 Å². The Hall–Kier alpha value is -2.60. The Kier molecular flexibility index (Phi) is 5.76. The number of furan rings is 1. The topological polar surface area (TPSA) is 63.3 Å². The third-order valence-corrected chi connectivity index (χ3v) is 5.59. The first-order chi connectivity index (χ1) is 13.7. The number of hydrogen-bond acceptors (Lipinski definition) is 4. The van der Waals surface area contributed by atoms with Gasteiger partial charge in [-0.25, -0.2) is 4.98 Å². The zero-order chi connectivity index (χ0) is 19.3. The van der Waals surface area contributed by atoms with E-state index < -0.39 is 0 Å². The maximum Gasteiger partial charge on any atom is 0.224 e. The van der Waals surface area contributed by atoms with Gasteiger partial charge in [0.05, 0.1) is 29.8 Å². The summed E-state index contributed by atoms with van der Waals surface area (Å²) in [5.41, 5.74) is 2.18. The third-order valence-electron chi connectivity index (χ3n) is 5.59. The van der Waals surface area contributed by atoms with Gasteiger partial charge in [-0.15, -0.1) is 0 Å². The Morgan fingerprint density at radius 3 is 3.00 bits per heavy atom. The molecule has 1 unspecified atom stereocenters. The van der Waals surface area contributed by atoms with Crippen LogP contribution >= 0.6 is 0 Å². The molecular weight excluding hydrogens is 352 g/mol. The quantitative estimate of drug-likeness (QED) is 0.640. The van der Waals surface area contributed by atoms with Crippen molar-refractivity contribution in [3.05, 3.63) is 54.2 Å². The number of aryl methyl sites for hydroxylation is 2. The number of amides is 1. The molecule has 1 atom stereocenters. The Bertz CT molecular complexity index is 916. The molecule has 1 aliphatic rings. The molecule has 3 aromatic rings. The molecule has 6 nitrogen and oxygen atoms in total. The number of fused-ring (bicyclic) bond motifs is 1. The van der Waals surface area contributed by atoms with Crippen LogP contribution in [0.4, 0.5) is 0 Å². The molecule has 1 N–H and O–H groups in total. The van der Waals surface area contributed by atoms with Gasteiger partial charge in [0, 0.05) is 26.6 Å². The van der Waals surface area contributed by atoms with E-state index in [0.717, 1.165) is 67.9 Å². The standard InChI is InChI=1S/C22H28N4O2/c1-25-20-10-3-2-9-19(20)24-21(25)11-4-12-23-22(27)17-7-5-13-26(15-17)16-18-8-6-14-28-18/h2-3,6,8-10,14,17H,4-5,7,11-13,15-16H2,1H3,(H,23,27). The lowest BCUT2D eigenvalue weighted by Crippen LogP contribution is -2.42. The molecule has 4 rings (SSSR count).